The van der Waals surface area contributed by atoms with Crippen molar-refractivity contribution in [2.45, 2.75) is 32.0 Å². The highest BCUT2D eigenvalue weighted by Crippen LogP contribution is 2.32. The quantitative estimate of drug-likeness (QED) is 0.403. The minimum atomic E-state index is -0.893. The lowest BCUT2D eigenvalue weighted by Gasteiger charge is -2.32. The van der Waals surface area contributed by atoms with Crippen LogP contribution in [0.15, 0.2) is 60.8 Å². The van der Waals surface area contributed by atoms with Gasteiger partial charge in [-0.2, -0.15) is 0 Å². The van der Waals surface area contributed by atoms with Crippen molar-refractivity contribution in [3.63, 3.8) is 0 Å². The molecular weight excluding hydrogens is 458 g/mol. The van der Waals surface area contributed by atoms with Gasteiger partial charge in [-0.05, 0) is 54.3 Å². The summed E-state index contributed by atoms with van der Waals surface area (Å²) in [6, 6.07) is 17.7. The van der Waals surface area contributed by atoms with E-state index in [4.69, 9.17) is 15.2 Å². The lowest BCUT2D eigenvalue weighted by molar-refractivity contribution is 0.133. The van der Waals surface area contributed by atoms with Crippen molar-refractivity contribution in [2.24, 2.45) is 0 Å². The summed E-state index contributed by atoms with van der Waals surface area (Å²) in [6.07, 6.45) is 2.53. The smallest absolute Gasteiger partial charge is 0.407 e. The summed E-state index contributed by atoms with van der Waals surface area (Å²) in [5, 5.41) is 12.8. The van der Waals surface area contributed by atoms with Gasteiger partial charge in [-0.3, -0.25) is 0 Å². The molecule has 2 heterocycles. The second kappa shape index (κ2) is 11.5. The Hall–Kier alpha value is -4.14. The molecule has 2 aromatic carbocycles. The van der Waals surface area contributed by atoms with E-state index in [1.807, 2.05) is 54.6 Å². The van der Waals surface area contributed by atoms with Crippen LogP contribution < -0.4 is 25.4 Å². The van der Waals surface area contributed by atoms with Crippen molar-refractivity contribution in [3.05, 3.63) is 71.9 Å². The lowest BCUT2D eigenvalue weighted by Crippen LogP contribution is -2.44. The Labute approximate surface area is 211 Å². The molecule has 1 aliphatic heterocycles. The van der Waals surface area contributed by atoms with Crippen LogP contribution in [-0.2, 0) is 13.1 Å². The molecule has 1 fully saturated rings. The van der Waals surface area contributed by atoms with Crippen LogP contribution in [0.1, 0.15) is 24.0 Å². The molecule has 1 aliphatic rings. The van der Waals surface area contributed by atoms with Gasteiger partial charge in [0.15, 0.2) is 5.82 Å². The average Bonchev–Trinajstić information content (AvgIpc) is 2.90. The molecule has 1 saturated heterocycles. The molecule has 0 spiro atoms. The van der Waals surface area contributed by atoms with Crippen LogP contribution in [0.5, 0.6) is 11.5 Å². The largest absolute Gasteiger partial charge is 0.497 e. The third-order valence-corrected chi connectivity index (χ3v) is 6.39. The lowest BCUT2D eigenvalue weighted by atomic mass is 10.1. The first kappa shape index (κ1) is 25.0. The van der Waals surface area contributed by atoms with Crippen LogP contribution >= 0.6 is 0 Å². The van der Waals surface area contributed by atoms with Crippen molar-refractivity contribution in [3.8, 4) is 11.5 Å². The minimum Gasteiger partial charge on any atom is -0.497 e. The Morgan fingerprint density at radius 2 is 1.64 bits per heavy atom. The van der Waals surface area contributed by atoms with E-state index in [1.165, 1.54) is 4.90 Å². The monoisotopic (exact) mass is 491 g/mol. The number of rotatable bonds is 9. The minimum absolute atomic E-state index is 0.0102. The normalized spacial score (nSPS) is 15.3. The SMILES string of the molecule is COc1ccc(CN(Cc2ccc(OC)cc2)c2nccc(NC3CCCN(C(=O)O)C3)c2N)cc1. The first-order valence-corrected chi connectivity index (χ1v) is 12.0. The fourth-order valence-corrected chi connectivity index (χ4v) is 4.44. The Kier molecular flexibility index (Phi) is 7.99. The standard InChI is InChI=1S/C27H33N5O4/c1-35-22-9-5-19(6-10-22)16-32(17-20-7-11-23(36-2)12-8-20)26-25(28)24(13-14-29-26)30-21-4-3-15-31(18-21)27(33)34/h5-14,21H,3-4,15-18,28H2,1-2H3,(H,29,30)(H,33,34). The maximum Gasteiger partial charge on any atom is 0.407 e. The van der Waals surface area contributed by atoms with Gasteiger partial charge in [-0.15, -0.1) is 0 Å². The summed E-state index contributed by atoms with van der Waals surface area (Å²) >= 11 is 0. The molecule has 36 heavy (non-hydrogen) atoms. The maximum absolute atomic E-state index is 11.4. The molecule has 0 radical (unpaired) electrons. The van der Waals surface area contributed by atoms with E-state index in [1.54, 1.807) is 20.4 Å². The van der Waals surface area contributed by atoms with Crippen LogP contribution in [0.4, 0.5) is 22.0 Å². The Morgan fingerprint density at radius 1 is 1.06 bits per heavy atom. The van der Waals surface area contributed by atoms with Crippen LogP contribution in [-0.4, -0.2) is 54.4 Å². The van der Waals surface area contributed by atoms with Gasteiger partial charge in [0, 0.05) is 38.4 Å². The van der Waals surface area contributed by atoms with Crippen molar-refractivity contribution in [1.29, 1.82) is 0 Å². The molecule has 0 saturated carbocycles. The number of benzene rings is 2. The summed E-state index contributed by atoms with van der Waals surface area (Å²) in [7, 11) is 3.30. The fraction of sp³-hybridized carbons (Fsp3) is 0.333. The van der Waals surface area contributed by atoms with Crippen LogP contribution in [0.2, 0.25) is 0 Å². The van der Waals surface area contributed by atoms with Gasteiger partial charge in [-0.1, -0.05) is 24.3 Å². The van der Waals surface area contributed by atoms with Gasteiger partial charge < -0.3 is 35.4 Å². The molecule has 9 nitrogen and oxygen atoms in total. The zero-order valence-corrected chi connectivity index (χ0v) is 20.7. The number of nitrogens with two attached hydrogens (primary N) is 1. The summed E-state index contributed by atoms with van der Waals surface area (Å²) in [4.78, 5) is 19.7. The number of carbonyl (C=O) groups is 1. The van der Waals surface area contributed by atoms with Gasteiger partial charge in [0.1, 0.15) is 11.5 Å². The summed E-state index contributed by atoms with van der Waals surface area (Å²) in [5.41, 5.74) is 10.1. The van der Waals surface area contributed by atoms with E-state index in [2.05, 4.69) is 15.2 Å². The zero-order valence-electron chi connectivity index (χ0n) is 20.7. The number of methoxy groups -OCH3 is 2. The number of aromatic nitrogens is 1. The molecule has 1 atom stereocenters. The number of nitrogens with one attached hydrogen (secondary N) is 1. The average molecular weight is 492 g/mol. The van der Waals surface area contributed by atoms with Crippen LogP contribution in [0.3, 0.4) is 0 Å². The Morgan fingerprint density at radius 3 is 2.17 bits per heavy atom. The molecule has 0 bridgehead atoms. The summed E-state index contributed by atoms with van der Waals surface area (Å²) < 4.78 is 10.6. The molecular formula is C27H33N5O4. The van der Waals surface area contributed by atoms with Gasteiger partial charge >= 0.3 is 6.09 Å². The van der Waals surface area contributed by atoms with Crippen molar-refractivity contribution in [2.75, 3.05) is 43.3 Å². The Bertz CT molecular complexity index is 1100. The predicted octanol–water partition coefficient (Wildman–Crippen LogP) is 4.44. The number of pyridine rings is 1. The number of hydrogen-bond acceptors (Lipinski definition) is 7. The molecule has 1 aromatic heterocycles. The highest BCUT2D eigenvalue weighted by Gasteiger charge is 2.24. The van der Waals surface area contributed by atoms with E-state index in [0.717, 1.165) is 41.2 Å². The number of ether oxygens (including phenoxy) is 2. The molecule has 190 valence electrons. The molecule has 0 aliphatic carbocycles. The number of hydrogen-bond donors (Lipinski definition) is 3. The first-order valence-electron chi connectivity index (χ1n) is 12.0. The van der Waals surface area contributed by atoms with Crippen molar-refractivity contribution < 1.29 is 19.4 Å². The predicted molar refractivity (Wildman–Crippen MR) is 141 cm³/mol. The van der Waals surface area contributed by atoms with E-state index in [-0.39, 0.29) is 6.04 Å². The van der Waals surface area contributed by atoms with Gasteiger partial charge in [-0.25, -0.2) is 9.78 Å². The van der Waals surface area contributed by atoms with Crippen molar-refractivity contribution >= 4 is 23.3 Å². The number of likely N-dealkylation sites (tertiary alicyclic amines) is 1. The second-order valence-corrected chi connectivity index (χ2v) is 8.86. The third kappa shape index (κ3) is 6.10. The highest BCUT2D eigenvalue weighted by atomic mass is 16.5. The van der Waals surface area contributed by atoms with Crippen LogP contribution in [0, 0.1) is 0 Å². The number of amides is 1. The molecule has 9 heteroatoms. The number of piperidine rings is 1. The molecule has 4 rings (SSSR count). The van der Waals surface area contributed by atoms with Gasteiger partial charge in [0.2, 0.25) is 0 Å². The van der Waals surface area contributed by atoms with E-state index in [9.17, 15) is 9.90 Å². The van der Waals surface area contributed by atoms with Gasteiger partial charge in [0.05, 0.1) is 25.6 Å². The number of nitrogen functional groups attached to an aromatic ring is 1. The summed E-state index contributed by atoms with van der Waals surface area (Å²) in [6.45, 7) is 2.16. The van der Waals surface area contributed by atoms with Gasteiger partial charge in [0.25, 0.3) is 0 Å². The molecule has 3 aromatic rings. The molecule has 1 amide bonds. The number of carboxylic acid groups (broad SMARTS) is 1. The fourth-order valence-electron chi connectivity index (χ4n) is 4.44. The third-order valence-electron chi connectivity index (χ3n) is 6.39. The zero-order chi connectivity index (χ0) is 25.5. The van der Waals surface area contributed by atoms with E-state index >= 15 is 0 Å². The molecule has 1 unspecified atom stereocenters. The highest BCUT2D eigenvalue weighted by molar-refractivity contribution is 5.78. The maximum atomic E-state index is 11.4. The number of nitrogens with zero attached hydrogens (tertiary/aromatic N) is 3. The Balaban J connectivity index is 1.60. The number of anilines is 3. The topological polar surface area (TPSA) is 113 Å². The van der Waals surface area contributed by atoms with E-state index in [0.29, 0.717) is 37.7 Å². The van der Waals surface area contributed by atoms with Crippen LogP contribution in [0.25, 0.3) is 0 Å². The first-order chi connectivity index (χ1) is 17.5. The van der Waals surface area contributed by atoms with E-state index < -0.39 is 6.09 Å². The molecule has 4 N–H and O–H groups in total. The van der Waals surface area contributed by atoms with Crippen molar-refractivity contribution in [1.82, 2.24) is 9.88 Å². The summed E-state index contributed by atoms with van der Waals surface area (Å²) in [5.74, 6) is 2.26. The second-order valence-electron chi connectivity index (χ2n) is 8.86.